The van der Waals surface area contributed by atoms with E-state index < -0.39 is 0 Å². The van der Waals surface area contributed by atoms with E-state index in [1.54, 1.807) is 6.07 Å². The highest BCUT2D eigenvalue weighted by molar-refractivity contribution is 6.43. The largest absolute Gasteiger partial charge is 0.278 e. The van der Waals surface area contributed by atoms with Crippen molar-refractivity contribution in [1.29, 1.82) is 0 Å². The van der Waals surface area contributed by atoms with E-state index in [0.29, 0.717) is 10.0 Å². The molecule has 3 aromatic rings. The summed E-state index contributed by atoms with van der Waals surface area (Å²) in [6, 6.07) is 5.50. The SMILES string of the molecule is CCn1nc(C)c2nc(CCl)n(-c3cccc(Cl)c3Cl)c21. The Morgan fingerprint density at radius 1 is 1.24 bits per heavy atom. The molecule has 4 nitrogen and oxygen atoms in total. The molecule has 0 aliphatic rings. The monoisotopic (exact) mass is 342 g/mol. The molecule has 0 bridgehead atoms. The first kappa shape index (κ1) is 14.7. The van der Waals surface area contributed by atoms with Gasteiger partial charge in [-0.2, -0.15) is 5.10 Å². The van der Waals surface area contributed by atoms with Gasteiger partial charge in [-0.1, -0.05) is 29.3 Å². The van der Waals surface area contributed by atoms with Crippen molar-refractivity contribution in [3.05, 3.63) is 39.8 Å². The fraction of sp³-hybridized carbons (Fsp3) is 0.286. The summed E-state index contributed by atoms with van der Waals surface area (Å²) < 4.78 is 3.82. The van der Waals surface area contributed by atoms with Crippen LogP contribution in [0.3, 0.4) is 0 Å². The maximum Gasteiger partial charge on any atom is 0.163 e. The molecule has 0 aliphatic carbocycles. The lowest BCUT2D eigenvalue weighted by Crippen LogP contribution is -2.06. The van der Waals surface area contributed by atoms with Crippen LogP contribution >= 0.6 is 34.8 Å². The number of aryl methyl sites for hydroxylation is 2. The predicted molar refractivity (Wildman–Crippen MR) is 86.8 cm³/mol. The number of halogens is 3. The number of rotatable bonds is 3. The minimum Gasteiger partial charge on any atom is -0.278 e. The van der Waals surface area contributed by atoms with Gasteiger partial charge in [-0.05, 0) is 26.0 Å². The molecular weight excluding hydrogens is 331 g/mol. The van der Waals surface area contributed by atoms with Gasteiger partial charge in [0.05, 0.1) is 27.3 Å². The molecule has 7 heteroatoms. The van der Waals surface area contributed by atoms with Crippen LogP contribution in [0.15, 0.2) is 18.2 Å². The van der Waals surface area contributed by atoms with Crippen LogP contribution in [0.2, 0.25) is 10.0 Å². The van der Waals surface area contributed by atoms with Crippen molar-refractivity contribution < 1.29 is 0 Å². The van der Waals surface area contributed by atoms with E-state index in [1.165, 1.54) is 0 Å². The number of benzene rings is 1. The summed E-state index contributed by atoms with van der Waals surface area (Å²) in [7, 11) is 0. The Labute approximate surface area is 137 Å². The van der Waals surface area contributed by atoms with Gasteiger partial charge in [-0.25, -0.2) is 9.67 Å². The second-order valence-corrected chi connectivity index (χ2v) is 5.70. The van der Waals surface area contributed by atoms with Crippen LogP contribution in [0.25, 0.3) is 16.9 Å². The molecule has 0 atom stereocenters. The second-order valence-electron chi connectivity index (χ2n) is 4.64. The lowest BCUT2D eigenvalue weighted by Gasteiger charge is -2.11. The Hall–Kier alpha value is -1.23. The van der Waals surface area contributed by atoms with Crippen molar-refractivity contribution in [3.8, 4) is 5.69 Å². The third-order valence-electron chi connectivity index (χ3n) is 3.37. The first-order chi connectivity index (χ1) is 10.1. The molecule has 0 aliphatic heterocycles. The van der Waals surface area contributed by atoms with Gasteiger partial charge in [0.1, 0.15) is 11.3 Å². The van der Waals surface area contributed by atoms with Crippen molar-refractivity contribution in [2.75, 3.05) is 0 Å². The van der Waals surface area contributed by atoms with Gasteiger partial charge in [-0.3, -0.25) is 4.57 Å². The number of nitrogens with zero attached hydrogens (tertiary/aromatic N) is 4. The molecular formula is C14H13Cl3N4. The van der Waals surface area contributed by atoms with Crippen LogP contribution in [-0.2, 0) is 12.4 Å². The maximum atomic E-state index is 6.36. The molecule has 2 aromatic heterocycles. The van der Waals surface area contributed by atoms with Gasteiger partial charge in [0.25, 0.3) is 0 Å². The topological polar surface area (TPSA) is 35.6 Å². The van der Waals surface area contributed by atoms with Crippen LogP contribution in [0.4, 0.5) is 0 Å². The quantitative estimate of drug-likeness (QED) is 0.652. The molecule has 0 unspecified atom stereocenters. The van der Waals surface area contributed by atoms with Crippen LogP contribution < -0.4 is 0 Å². The van der Waals surface area contributed by atoms with Gasteiger partial charge in [0.15, 0.2) is 5.65 Å². The summed E-state index contributed by atoms with van der Waals surface area (Å²) in [5.41, 5.74) is 3.35. The van der Waals surface area contributed by atoms with Crippen LogP contribution in [-0.4, -0.2) is 19.3 Å². The molecule has 110 valence electrons. The molecule has 0 amide bonds. The van der Waals surface area contributed by atoms with E-state index in [4.69, 9.17) is 34.8 Å². The van der Waals surface area contributed by atoms with Gasteiger partial charge in [-0.15, -0.1) is 11.6 Å². The minimum absolute atomic E-state index is 0.278. The van der Waals surface area contributed by atoms with E-state index in [2.05, 4.69) is 10.1 Å². The zero-order valence-electron chi connectivity index (χ0n) is 11.6. The van der Waals surface area contributed by atoms with E-state index in [-0.39, 0.29) is 5.88 Å². The molecule has 0 radical (unpaired) electrons. The highest BCUT2D eigenvalue weighted by Gasteiger charge is 2.20. The van der Waals surface area contributed by atoms with Crippen LogP contribution in [0.1, 0.15) is 18.4 Å². The summed E-state index contributed by atoms with van der Waals surface area (Å²) >= 11 is 18.6. The molecule has 0 N–H and O–H groups in total. The molecule has 2 heterocycles. The number of hydrogen-bond acceptors (Lipinski definition) is 2. The zero-order chi connectivity index (χ0) is 15.1. The van der Waals surface area contributed by atoms with E-state index in [0.717, 1.165) is 34.9 Å². The number of hydrogen-bond donors (Lipinski definition) is 0. The van der Waals surface area contributed by atoms with E-state index in [9.17, 15) is 0 Å². The van der Waals surface area contributed by atoms with Crippen molar-refractivity contribution in [2.45, 2.75) is 26.3 Å². The number of aromatic nitrogens is 4. The normalized spacial score (nSPS) is 11.5. The molecule has 21 heavy (non-hydrogen) atoms. The summed E-state index contributed by atoms with van der Waals surface area (Å²) in [4.78, 5) is 4.59. The summed E-state index contributed by atoms with van der Waals surface area (Å²) in [6.07, 6.45) is 0. The Morgan fingerprint density at radius 2 is 2.00 bits per heavy atom. The van der Waals surface area contributed by atoms with Gasteiger partial charge < -0.3 is 0 Å². The first-order valence-corrected chi connectivity index (χ1v) is 7.82. The molecule has 0 fully saturated rings. The highest BCUT2D eigenvalue weighted by atomic mass is 35.5. The van der Waals surface area contributed by atoms with E-state index in [1.807, 2.05) is 35.2 Å². The Morgan fingerprint density at radius 3 is 2.67 bits per heavy atom. The smallest absolute Gasteiger partial charge is 0.163 e. The fourth-order valence-corrected chi connectivity index (χ4v) is 3.00. The van der Waals surface area contributed by atoms with Gasteiger partial charge in [0.2, 0.25) is 0 Å². The third kappa shape index (κ3) is 2.22. The van der Waals surface area contributed by atoms with Crippen molar-refractivity contribution in [2.24, 2.45) is 0 Å². The molecule has 0 saturated carbocycles. The van der Waals surface area contributed by atoms with E-state index >= 15 is 0 Å². The average Bonchev–Trinajstić information content (AvgIpc) is 3.00. The first-order valence-electron chi connectivity index (χ1n) is 6.53. The van der Waals surface area contributed by atoms with Gasteiger partial charge in [0, 0.05) is 6.54 Å². The van der Waals surface area contributed by atoms with Crippen molar-refractivity contribution in [3.63, 3.8) is 0 Å². The van der Waals surface area contributed by atoms with Crippen molar-refractivity contribution >= 4 is 46.0 Å². The zero-order valence-corrected chi connectivity index (χ0v) is 13.8. The Kier molecular flexibility index (Phi) is 3.86. The maximum absolute atomic E-state index is 6.36. The third-order valence-corrected chi connectivity index (χ3v) is 4.42. The molecule has 0 saturated heterocycles. The fourth-order valence-electron chi connectivity index (χ4n) is 2.44. The Bertz CT molecular complexity index is 819. The Balaban J connectivity index is 2.42. The second kappa shape index (κ2) is 5.52. The summed E-state index contributed by atoms with van der Waals surface area (Å²) in [5.74, 6) is 0.999. The lowest BCUT2D eigenvalue weighted by atomic mass is 10.3. The minimum atomic E-state index is 0.278. The number of imidazole rings is 1. The highest BCUT2D eigenvalue weighted by Crippen LogP contribution is 2.33. The van der Waals surface area contributed by atoms with Gasteiger partial charge >= 0.3 is 0 Å². The number of alkyl halides is 1. The molecule has 1 aromatic carbocycles. The molecule has 3 rings (SSSR count). The standard InChI is InChI=1S/C14H13Cl3N4/c1-3-20-14-13(8(2)19-20)18-11(7-15)21(14)10-6-4-5-9(16)12(10)17/h4-6H,3,7H2,1-2H3. The van der Waals surface area contributed by atoms with Crippen LogP contribution in [0, 0.1) is 6.92 Å². The average molecular weight is 344 g/mol. The summed E-state index contributed by atoms with van der Waals surface area (Å²) in [5, 5.41) is 5.47. The van der Waals surface area contributed by atoms with Crippen molar-refractivity contribution in [1.82, 2.24) is 19.3 Å². The lowest BCUT2D eigenvalue weighted by molar-refractivity contribution is 0.660. The predicted octanol–water partition coefficient (Wildman–Crippen LogP) is 4.60. The van der Waals surface area contributed by atoms with Crippen LogP contribution in [0.5, 0.6) is 0 Å². The summed E-state index contributed by atoms with van der Waals surface area (Å²) in [6.45, 7) is 4.70. The number of fused-ring (bicyclic) bond motifs is 1. The molecule has 0 spiro atoms.